The van der Waals surface area contributed by atoms with Crippen LogP contribution in [-0.2, 0) is 4.79 Å². The van der Waals surface area contributed by atoms with Gasteiger partial charge >= 0.3 is 0 Å². The molecule has 2 aliphatic rings. The summed E-state index contributed by atoms with van der Waals surface area (Å²) >= 11 is 4.92. The third-order valence-electron chi connectivity index (χ3n) is 5.89. The summed E-state index contributed by atoms with van der Waals surface area (Å²) in [5.74, 6) is 4.01. The van der Waals surface area contributed by atoms with Crippen molar-refractivity contribution < 1.29 is 14.3 Å². The molecule has 34 heavy (non-hydrogen) atoms. The van der Waals surface area contributed by atoms with Crippen molar-refractivity contribution in [3.8, 4) is 23.8 Å². The molecule has 0 bridgehead atoms. The Balaban J connectivity index is 1.71. The van der Waals surface area contributed by atoms with Gasteiger partial charge in [0.25, 0.3) is 5.91 Å². The topological polar surface area (TPSA) is 51.1 Å². The van der Waals surface area contributed by atoms with Gasteiger partial charge < -0.3 is 9.47 Å². The summed E-state index contributed by atoms with van der Waals surface area (Å²) in [6, 6.07) is 13.5. The minimum absolute atomic E-state index is 0.0351. The summed E-state index contributed by atoms with van der Waals surface area (Å²) in [7, 11) is 1.58. The Morgan fingerprint density at radius 1 is 1.24 bits per heavy atom. The number of nitrogens with zero attached hydrogens (tertiary/aromatic N) is 2. The molecule has 0 aromatic heterocycles. The van der Waals surface area contributed by atoms with E-state index < -0.39 is 0 Å². The average molecular weight is 539 g/mol. The average Bonchev–Trinajstić information content (AvgIpc) is 3.13. The normalized spacial score (nSPS) is 19.0. The second kappa shape index (κ2) is 11.6. The molecular weight excluding hydrogens is 512 g/mol. The largest absolute Gasteiger partial charge is 0.493 e. The molecule has 1 amide bonds. The van der Waals surface area contributed by atoms with Gasteiger partial charge in [-0.2, -0.15) is 0 Å². The quantitative estimate of drug-likeness (QED) is 0.292. The van der Waals surface area contributed by atoms with E-state index in [0.29, 0.717) is 34.0 Å². The smallest absolute Gasteiger partial charge is 0.266 e. The van der Waals surface area contributed by atoms with Gasteiger partial charge in [-0.3, -0.25) is 9.69 Å². The van der Waals surface area contributed by atoms with E-state index in [-0.39, 0.29) is 12.5 Å². The standard InChI is InChI=1S/C27H27BrN2O3S/c1-3-14-33-25-20(15-21(28)17-23(25)32-2)16-24-26(31)30(18-19-10-6-4-7-11-19)27(34-24)29-22-12-8-5-9-13-22/h1,5,8-9,12-13,15-17,19H,4,6-7,10-11,14,18H2,2H3/b24-16-,29-27?. The van der Waals surface area contributed by atoms with Gasteiger partial charge in [-0.05, 0) is 60.9 Å². The SMILES string of the molecule is C#CCOc1c(/C=C2\SC(=Nc3ccccc3)N(CC3CCCCC3)C2=O)cc(Br)cc1OC. The summed E-state index contributed by atoms with van der Waals surface area (Å²) in [4.78, 5) is 20.8. The number of para-hydroxylation sites is 1. The molecule has 1 saturated heterocycles. The first-order chi connectivity index (χ1) is 16.6. The second-order valence-corrected chi connectivity index (χ2v) is 10.2. The number of ether oxygens (including phenoxy) is 2. The molecular formula is C27H27BrN2O3S. The summed E-state index contributed by atoms with van der Waals surface area (Å²) in [6.07, 6.45) is 13.3. The minimum Gasteiger partial charge on any atom is -0.493 e. The lowest BCUT2D eigenvalue weighted by Gasteiger charge is -2.26. The number of thioether (sulfide) groups is 1. The predicted octanol–water partition coefficient (Wildman–Crippen LogP) is 6.65. The molecule has 2 aromatic rings. The monoisotopic (exact) mass is 538 g/mol. The van der Waals surface area contributed by atoms with Gasteiger partial charge in [-0.1, -0.05) is 59.3 Å². The van der Waals surface area contributed by atoms with Gasteiger partial charge in [0.15, 0.2) is 16.7 Å². The molecule has 1 heterocycles. The van der Waals surface area contributed by atoms with Crippen molar-refractivity contribution >= 4 is 50.5 Å². The van der Waals surface area contributed by atoms with E-state index in [1.54, 1.807) is 7.11 Å². The van der Waals surface area contributed by atoms with Crippen molar-refractivity contribution in [2.75, 3.05) is 20.3 Å². The molecule has 1 saturated carbocycles. The summed E-state index contributed by atoms with van der Waals surface area (Å²) in [6.45, 7) is 0.793. The van der Waals surface area contributed by atoms with Gasteiger partial charge in [-0.15, -0.1) is 6.42 Å². The molecule has 1 aliphatic carbocycles. The Morgan fingerprint density at radius 2 is 2.00 bits per heavy atom. The highest BCUT2D eigenvalue weighted by Crippen LogP contribution is 2.40. The number of carbonyl (C=O) groups excluding carboxylic acids is 1. The maximum absolute atomic E-state index is 13.6. The van der Waals surface area contributed by atoms with Crippen molar-refractivity contribution in [1.82, 2.24) is 4.90 Å². The number of hydrogen-bond donors (Lipinski definition) is 0. The predicted molar refractivity (Wildman–Crippen MR) is 142 cm³/mol. The first-order valence-corrected chi connectivity index (χ1v) is 13.0. The van der Waals surface area contributed by atoms with E-state index in [1.807, 2.05) is 53.4 Å². The van der Waals surface area contributed by atoms with E-state index in [9.17, 15) is 4.79 Å². The lowest BCUT2D eigenvalue weighted by Crippen LogP contribution is -2.34. The van der Waals surface area contributed by atoms with E-state index in [2.05, 4.69) is 21.9 Å². The van der Waals surface area contributed by atoms with E-state index in [1.165, 1.54) is 31.0 Å². The van der Waals surface area contributed by atoms with Gasteiger partial charge in [0, 0.05) is 16.6 Å². The highest BCUT2D eigenvalue weighted by molar-refractivity contribution is 9.10. The van der Waals surface area contributed by atoms with E-state index in [0.717, 1.165) is 28.6 Å². The van der Waals surface area contributed by atoms with Crippen LogP contribution in [0.15, 0.2) is 56.8 Å². The van der Waals surface area contributed by atoms with E-state index in [4.69, 9.17) is 20.9 Å². The fraction of sp³-hybridized carbons (Fsp3) is 0.333. The van der Waals surface area contributed by atoms with Crippen molar-refractivity contribution in [2.45, 2.75) is 32.1 Å². The van der Waals surface area contributed by atoms with Crippen LogP contribution in [-0.4, -0.2) is 36.2 Å². The number of terminal acetylenes is 1. The molecule has 1 aliphatic heterocycles. The molecule has 2 fully saturated rings. The van der Waals surface area contributed by atoms with Crippen molar-refractivity contribution in [3.05, 3.63) is 57.4 Å². The van der Waals surface area contributed by atoms with Gasteiger partial charge in [-0.25, -0.2) is 4.99 Å². The number of carbonyl (C=O) groups is 1. The molecule has 0 radical (unpaired) electrons. The summed E-state index contributed by atoms with van der Waals surface area (Å²) in [5.41, 5.74) is 1.55. The maximum Gasteiger partial charge on any atom is 0.266 e. The third-order valence-corrected chi connectivity index (χ3v) is 7.35. The van der Waals surface area contributed by atoms with Crippen LogP contribution >= 0.6 is 27.7 Å². The molecule has 2 aromatic carbocycles. The zero-order valence-electron chi connectivity index (χ0n) is 19.1. The first kappa shape index (κ1) is 24.4. The molecule has 7 heteroatoms. The van der Waals surface area contributed by atoms with Crippen LogP contribution < -0.4 is 9.47 Å². The van der Waals surface area contributed by atoms with Crippen LogP contribution in [0.2, 0.25) is 0 Å². The van der Waals surface area contributed by atoms with Crippen molar-refractivity contribution in [1.29, 1.82) is 0 Å². The molecule has 0 unspecified atom stereocenters. The number of rotatable bonds is 7. The Labute approximate surface area is 213 Å². The van der Waals surface area contributed by atoms with Gasteiger partial charge in [0.2, 0.25) is 0 Å². The van der Waals surface area contributed by atoms with Crippen LogP contribution in [0.5, 0.6) is 11.5 Å². The molecule has 5 nitrogen and oxygen atoms in total. The number of methoxy groups -OCH3 is 1. The van der Waals surface area contributed by atoms with Gasteiger partial charge in [0.1, 0.15) is 6.61 Å². The fourth-order valence-corrected chi connectivity index (χ4v) is 5.70. The van der Waals surface area contributed by atoms with Crippen LogP contribution in [0.3, 0.4) is 0 Å². The Morgan fingerprint density at radius 3 is 2.71 bits per heavy atom. The molecule has 176 valence electrons. The third kappa shape index (κ3) is 5.86. The number of aliphatic imine (C=N–C) groups is 1. The highest BCUT2D eigenvalue weighted by atomic mass is 79.9. The minimum atomic E-state index is -0.0351. The van der Waals surface area contributed by atoms with Crippen molar-refractivity contribution in [3.63, 3.8) is 0 Å². The number of amides is 1. The number of benzene rings is 2. The Kier molecular flexibility index (Phi) is 8.36. The molecule has 0 spiro atoms. The molecule has 0 atom stereocenters. The van der Waals surface area contributed by atoms with Crippen molar-refractivity contribution in [2.24, 2.45) is 10.9 Å². The summed E-state index contributed by atoms with van der Waals surface area (Å²) in [5, 5.41) is 0.709. The number of amidine groups is 1. The molecule has 0 N–H and O–H groups in total. The van der Waals surface area contributed by atoms with Crippen LogP contribution in [0, 0.1) is 18.3 Å². The maximum atomic E-state index is 13.6. The zero-order chi connectivity index (χ0) is 23.9. The lowest BCUT2D eigenvalue weighted by molar-refractivity contribution is -0.122. The van der Waals surface area contributed by atoms with Crippen LogP contribution in [0.4, 0.5) is 5.69 Å². The highest BCUT2D eigenvalue weighted by Gasteiger charge is 2.35. The number of halogens is 1. The fourth-order valence-electron chi connectivity index (χ4n) is 4.25. The first-order valence-electron chi connectivity index (χ1n) is 11.4. The second-order valence-electron chi connectivity index (χ2n) is 8.28. The Hall–Kier alpha value is -2.69. The Bertz CT molecular complexity index is 1130. The number of hydrogen-bond acceptors (Lipinski definition) is 5. The van der Waals surface area contributed by atoms with Gasteiger partial charge in [0.05, 0.1) is 17.7 Å². The zero-order valence-corrected chi connectivity index (χ0v) is 21.5. The molecule has 4 rings (SSSR count). The van der Waals surface area contributed by atoms with E-state index >= 15 is 0 Å². The van der Waals surface area contributed by atoms with Crippen LogP contribution in [0.25, 0.3) is 6.08 Å². The lowest BCUT2D eigenvalue weighted by atomic mass is 9.89. The van der Waals surface area contributed by atoms with Crippen LogP contribution in [0.1, 0.15) is 37.7 Å². The summed E-state index contributed by atoms with van der Waals surface area (Å²) < 4.78 is 12.1.